The number of benzene rings is 1. The number of carbonyl (C=O) groups excluding carboxylic acids is 1. The topological polar surface area (TPSA) is 50.4 Å². The van der Waals surface area contributed by atoms with Crippen LogP contribution in [0.15, 0.2) is 30.3 Å². The van der Waals surface area contributed by atoms with Crippen LogP contribution in [-0.2, 0) is 16.1 Å². The molecule has 1 amide bonds. The molecule has 1 rings (SSSR count). The molecule has 4 heteroatoms. The number of ether oxygens (including phenoxy) is 1. The van der Waals surface area contributed by atoms with Crippen LogP contribution in [0.25, 0.3) is 0 Å². The Morgan fingerprint density at radius 3 is 2.68 bits per heavy atom. The number of amides is 1. The molecule has 19 heavy (non-hydrogen) atoms. The molecule has 0 aliphatic heterocycles. The Labute approximate surface area is 115 Å². The molecule has 0 aliphatic carbocycles. The van der Waals surface area contributed by atoms with Gasteiger partial charge in [-0.3, -0.25) is 4.79 Å². The van der Waals surface area contributed by atoms with Crippen molar-refractivity contribution in [3.8, 4) is 0 Å². The zero-order valence-corrected chi connectivity index (χ0v) is 11.7. The summed E-state index contributed by atoms with van der Waals surface area (Å²) in [5, 5.41) is 5.92. The average Bonchev–Trinajstić information content (AvgIpc) is 2.44. The van der Waals surface area contributed by atoms with Gasteiger partial charge in [0.25, 0.3) is 0 Å². The Morgan fingerprint density at radius 1 is 1.16 bits per heavy atom. The molecule has 0 saturated heterocycles. The predicted molar refractivity (Wildman–Crippen MR) is 76.9 cm³/mol. The van der Waals surface area contributed by atoms with Gasteiger partial charge in [0, 0.05) is 19.6 Å². The van der Waals surface area contributed by atoms with Crippen LogP contribution < -0.4 is 10.6 Å². The maximum atomic E-state index is 11.4. The van der Waals surface area contributed by atoms with Gasteiger partial charge in [-0.1, -0.05) is 30.3 Å². The molecule has 0 saturated carbocycles. The summed E-state index contributed by atoms with van der Waals surface area (Å²) in [6, 6.07) is 10.1. The van der Waals surface area contributed by atoms with Gasteiger partial charge in [-0.15, -0.1) is 0 Å². The third-order valence-electron chi connectivity index (χ3n) is 2.73. The molecule has 0 unspecified atom stereocenters. The van der Waals surface area contributed by atoms with Crippen molar-refractivity contribution in [1.29, 1.82) is 0 Å². The summed E-state index contributed by atoms with van der Waals surface area (Å²) in [5.41, 5.74) is 1.18. The Bertz CT molecular complexity index is 341. The molecule has 0 fully saturated rings. The molecule has 2 N–H and O–H groups in total. The van der Waals surface area contributed by atoms with Gasteiger partial charge in [-0.25, -0.2) is 0 Å². The molecule has 106 valence electrons. The van der Waals surface area contributed by atoms with E-state index in [0.717, 1.165) is 19.4 Å². The first-order valence-corrected chi connectivity index (χ1v) is 6.86. The molecule has 1 aromatic carbocycles. The quantitative estimate of drug-likeness (QED) is 0.633. The lowest BCUT2D eigenvalue weighted by Gasteiger charge is -2.06. The smallest absolute Gasteiger partial charge is 0.220 e. The van der Waals surface area contributed by atoms with Crippen LogP contribution in [-0.4, -0.2) is 32.7 Å². The summed E-state index contributed by atoms with van der Waals surface area (Å²) in [5.74, 6) is 0.123. The van der Waals surface area contributed by atoms with Gasteiger partial charge in [-0.05, 0) is 32.0 Å². The zero-order chi connectivity index (χ0) is 13.8. The summed E-state index contributed by atoms with van der Waals surface area (Å²) in [6.07, 6.45) is 2.32. The molecule has 4 nitrogen and oxygen atoms in total. The molecule has 0 aromatic heterocycles. The highest BCUT2D eigenvalue weighted by molar-refractivity contribution is 5.75. The molecule has 0 bridgehead atoms. The van der Waals surface area contributed by atoms with Gasteiger partial charge in [0.2, 0.25) is 5.91 Å². The van der Waals surface area contributed by atoms with Gasteiger partial charge < -0.3 is 15.4 Å². The first-order valence-electron chi connectivity index (χ1n) is 6.86. The molecular formula is C15H24N2O2. The van der Waals surface area contributed by atoms with Gasteiger partial charge in [0.05, 0.1) is 6.61 Å². The first-order chi connectivity index (χ1) is 9.33. The minimum Gasteiger partial charge on any atom is -0.377 e. The van der Waals surface area contributed by atoms with Crippen LogP contribution in [0.2, 0.25) is 0 Å². The van der Waals surface area contributed by atoms with Crippen molar-refractivity contribution in [3.63, 3.8) is 0 Å². The maximum absolute atomic E-state index is 11.4. The standard InChI is InChI=1S/C15H24N2O2/c1-16-10-5-9-15(18)17-11-6-12-19-13-14-7-3-2-4-8-14/h2-4,7-8,16H,5-6,9-13H2,1H3,(H,17,18). The second-order valence-corrected chi connectivity index (χ2v) is 4.45. The highest BCUT2D eigenvalue weighted by Gasteiger charge is 1.99. The van der Waals surface area contributed by atoms with Crippen LogP contribution >= 0.6 is 0 Å². The van der Waals surface area contributed by atoms with Crippen molar-refractivity contribution in [1.82, 2.24) is 10.6 Å². The lowest BCUT2D eigenvalue weighted by Crippen LogP contribution is -2.25. The van der Waals surface area contributed by atoms with E-state index in [2.05, 4.69) is 10.6 Å². The second-order valence-electron chi connectivity index (χ2n) is 4.45. The Hall–Kier alpha value is -1.39. The highest BCUT2D eigenvalue weighted by atomic mass is 16.5. The van der Waals surface area contributed by atoms with E-state index in [1.54, 1.807) is 0 Å². The Balaban J connectivity index is 1.92. The Morgan fingerprint density at radius 2 is 1.95 bits per heavy atom. The van der Waals surface area contributed by atoms with Crippen molar-refractivity contribution in [3.05, 3.63) is 35.9 Å². The molecule has 0 aliphatic rings. The largest absolute Gasteiger partial charge is 0.377 e. The van der Waals surface area contributed by atoms with Crippen molar-refractivity contribution in [2.24, 2.45) is 0 Å². The van der Waals surface area contributed by atoms with Gasteiger partial charge in [0.1, 0.15) is 0 Å². The normalized spacial score (nSPS) is 10.4. The predicted octanol–water partition coefficient (Wildman–Crippen LogP) is 1.71. The van der Waals surface area contributed by atoms with E-state index in [0.29, 0.717) is 26.2 Å². The highest BCUT2D eigenvalue weighted by Crippen LogP contribution is 2.00. The molecule has 0 heterocycles. The van der Waals surface area contributed by atoms with Crippen molar-refractivity contribution in [2.75, 3.05) is 26.7 Å². The summed E-state index contributed by atoms with van der Waals surface area (Å²) in [4.78, 5) is 11.4. The molecule has 0 spiro atoms. The van der Waals surface area contributed by atoms with E-state index in [4.69, 9.17) is 4.74 Å². The van der Waals surface area contributed by atoms with Crippen LogP contribution in [0.5, 0.6) is 0 Å². The molecule has 0 atom stereocenters. The van der Waals surface area contributed by atoms with E-state index in [-0.39, 0.29) is 5.91 Å². The van der Waals surface area contributed by atoms with E-state index < -0.39 is 0 Å². The van der Waals surface area contributed by atoms with Crippen LogP contribution in [0.1, 0.15) is 24.8 Å². The van der Waals surface area contributed by atoms with Crippen LogP contribution in [0, 0.1) is 0 Å². The average molecular weight is 264 g/mol. The lowest BCUT2D eigenvalue weighted by molar-refractivity contribution is -0.121. The first kappa shape index (κ1) is 15.7. The Kier molecular flexibility index (Phi) is 8.68. The summed E-state index contributed by atoms with van der Waals surface area (Å²) in [6.45, 7) is 2.88. The number of nitrogens with one attached hydrogen (secondary N) is 2. The second kappa shape index (κ2) is 10.5. The van der Waals surface area contributed by atoms with E-state index in [1.165, 1.54) is 5.56 Å². The molecular weight excluding hydrogens is 240 g/mol. The number of carbonyl (C=O) groups is 1. The van der Waals surface area contributed by atoms with Gasteiger partial charge >= 0.3 is 0 Å². The van der Waals surface area contributed by atoms with E-state index in [9.17, 15) is 4.79 Å². The third-order valence-corrected chi connectivity index (χ3v) is 2.73. The van der Waals surface area contributed by atoms with Crippen molar-refractivity contribution < 1.29 is 9.53 Å². The summed E-state index contributed by atoms with van der Waals surface area (Å²) >= 11 is 0. The van der Waals surface area contributed by atoms with E-state index >= 15 is 0 Å². The summed E-state index contributed by atoms with van der Waals surface area (Å²) < 4.78 is 5.54. The SMILES string of the molecule is CNCCCC(=O)NCCCOCc1ccccc1. The number of hydrogen-bond donors (Lipinski definition) is 2. The van der Waals surface area contributed by atoms with Crippen LogP contribution in [0.3, 0.4) is 0 Å². The molecule has 1 aromatic rings. The fourth-order valence-corrected chi connectivity index (χ4v) is 1.68. The van der Waals surface area contributed by atoms with E-state index in [1.807, 2.05) is 37.4 Å². The fourth-order valence-electron chi connectivity index (χ4n) is 1.68. The maximum Gasteiger partial charge on any atom is 0.220 e. The van der Waals surface area contributed by atoms with Gasteiger partial charge in [0.15, 0.2) is 0 Å². The number of hydrogen-bond acceptors (Lipinski definition) is 3. The minimum atomic E-state index is 0.123. The van der Waals surface area contributed by atoms with Crippen molar-refractivity contribution >= 4 is 5.91 Å². The minimum absolute atomic E-state index is 0.123. The monoisotopic (exact) mass is 264 g/mol. The van der Waals surface area contributed by atoms with Crippen molar-refractivity contribution in [2.45, 2.75) is 25.9 Å². The lowest BCUT2D eigenvalue weighted by atomic mass is 10.2. The van der Waals surface area contributed by atoms with Crippen LogP contribution in [0.4, 0.5) is 0 Å². The third kappa shape index (κ3) is 8.35. The fraction of sp³-hybridized carbons (Fsp3) is 0.533. The number of rotatable bonds is 10. The van der Waals surface area contributed by atoms with Gasteiger partial charge in [-0.2, -0.15) is 0 Å². The zero-order valence-electron chi connectivity index (χ0n) is 11.7. The molecule has 0 radical (unpaired) electrons. The summed E-state index contributed by atoms with van der Waals surface area (Å²) in [7, 11) is 1.89.